The summed E-state index contributed by atoms with van der Waals surface area (Å²) < 4.78 is 52.1. The van der Waals surface area contributed by atoms with Gasteiger partial charge in [0.05, 0.1) is 11.6 Å². The number of alkyl halides is 3. The van der Waals surface area contributed by atoms with E-state index in [-0.39, 0.29) is 5.56 Å². The molecule has 0 aliphatic rings. The summed E-state index contributed by atoms with van der Waals surface area (Å²) in [6.07, 6.45) is -4.48. The van der Waals surface area contributed by atoms with Crippen LogP contribution in [0.1, 0.15) is 27.6 Å². The Balaban J connectivity index is 2.49. The molecular weight excluding hydrogens is 290 g/mol. The van der Waals surface area contributed by atoms with Gasteiger partial charge < -0.3 is 5.32 Å². The molecule has 0 radical (unpaired) electrons. The average molecular weight is 303 g/mol. The maximum atomic E-state index is 13.9. The fourth-order valence-corrected chi connectivity index (χ4v) is 2.79. The third-order valence-electron chi connectivity index (χ3n) is 3.01. The van der Waals surface area contributed by atoms with E-state index in [1.54, 1.807) is 7.05 Å². The van der Waals surface area contributed by atoms with E-state index in [1.165, 1.54) is 11.3 Å². The number of hydrogen-bond donors (Lipinski definition) is 1. The van der Waals surface area contributed by atoms with E-state index in [0.29, 0.717) is 0 Å². The summed E-state index contributed by atoms with van der Waals surface area (Å²) in [5.74, 6) is -0.652. The van der Waals surface area contributed by atoms with Gasteiger partial charge in [0.1, 0.15) is 5.82 Å². The highest BCUT2D eigenvalue weighted by molar-refractivity contribution is 7.10. The van der Waals surface area contributed by atoms with Crippen LogP contribution in [-0.2, 0) is 6.18 Å². The molecule has 0 spiro atoms. The first-order chi connectivity index (χ1) is 9.32. The lowest BCUT2D eigenvalue weighted by atomic mass is 9.98. The molecule has 0 aliphatic heterocycles. The molecule has 0 aliphatic carbocycles. The fourth-order valence-electron chi connectivity index (χ4n) is 2.06. The molecule has 0 amide bonds. The molecule has 1 atom stereocenters. The fraction of sp³-hybridized carbons (Fsp3) is 0.286. The van der Waals surface area contributed by atoms with E-state index >= 15 is 0 Å². The van der Waals surface area contributed by atoms with Crippen molar-refractivity contribution in [1.82, 2.24) is 5.32 Å². The Morgan fingerprint density at radius 2 is 1.90 bits per heavy atom. The van der Waals surface area contributed by atoms with Crippen LogP contribution in [0, 0.1) is 12.7 Å². The van der Waals surface area contributed by atoms with Gasteiger partial charge in [0.2, 0.25) is 0 Å². The number of aryl methyl sites for hydroxylation is 1. The van der Waals surface area contributed by atoms with Gasteiger partial charge in [-0.15, -0.1) is 11.3 Å². The van der Waals surface area contributed by atoms with Crippen molar-refractivity contribution in [2.24, 2.45) is 0 Å². The van der Waals surface area contributed by atoms with E-state index in [1.807, 2.05) is 18.4 Å². The number of hydrogen-bond acceptors (Lipinski definition) is 2. The van der Waals surface area contributed by atoms with E-state index < -0.39 is 23.6 Å². The Labute approximate surface area is 118 Å². The van der Waals surface area contributed by atoms with Gasteiger partial charge in [0, 0.05) is 10.4 Å². The van der Waals surface area contributed by atoms with Crippen LogP contribution < -0.4 is 5.32 Å². The maximum Gasteiger partial charge on any atom is 0.416 e. The van der Waals surface area contributed by atoms with E-state index in [4.69, 9.17) is 0 Å². The molecule has 0 saturated heterocycles. The van der Waals surface area contributed by atoms with Gasteiger partial charge in [0.15, 0.2) is 0 Å². The summed E-state index contributed by atoms with van der Waals surface area (Å²) in [7, 11) is 1.59. The van der Waals surface area contributed by atoms with Gasteiger partial charge >= 0.3 is 6.18 Å². The predicted octanol–water partition coefficient (Wildman–Crippen LogP) is 4.52. The van der Waals surface area contributed by atoms with Gasteiger partial charge in [-0.1, -0.05) is 0 Å². The van der Waals surface area contributed by atoms with Gasteiger partial charge in [-0.25, -0.2) is 4.39 Å². The number of benzene rings is 1. The molecule has 1 heterocycles. The van der Waals surface area contributed by atoms with Crippen LogP contribution in [0.25, 0.3) is 0 Å². The second kappa shape index (κ2) is 5.54. The Kier molecular flexibility index (Phi) is 4.15. The topological polar surface area (TPSA) is 12.0 Å². The van der Waals surface area contributed by atoms with Crippen LogP contribution in [0.3, 0.4) is 0 Å². The van der Waals surface area contributed by atoms with E-state index in [0.717, 1.165) is 28.6 Å². The van der Waals surface area contributed by atoms with Crippen molar-refractivity contribution in [2.75, 3.05) is 7.05 Å². The molecular formula is C14H13F4NS. The predicted molar refractivity (Wildman–Crippen MR) is 71.4 cm³/mol. The molecule has 108 valence electrons. The monoisotopic (exact) mass is 303 g/mol. The van der Waals surface area contributed by atoms with Crippen LogP contribution >= 0.6 is 11.3 Å². The highest BCUT2D eigenvalue weighted by Gasteiger charge is 2.32. The molecule has 20 heavy (non-hydrogen) atoms. The smallest absolute Gasteiger partial charge is 0.309 e. The molecule has 0 fully saturated rings. The van der Waals surface area contributed by atoms with Crippen LogP contribution in [-0.4, -0.2) is 7.05 Å². The Morgan fingerprint density at radius 3 is 2.40 bits per heavy atom. The van der Waals surface area contributed by atoms with E-state index in [2.05, 4.69) is 5.32 Å². The lowest BCUT2D eigenvalue weighted by Crippen LogP contribution is -2.19. The molecule has 1 N–H and O–H groups in total. The first-order valence-corrected chi connectivity index (χ1v) is 6.80. The van der Waals surface area contributed by atoms with Crippen LogP contribution in [0.4, 0.5) is 17.6 Å². The number of thiophene rings is 1. The van der Waals surface area contributed by atoms with Crippen molar-refractivity contribution in [3.63, 3.8) is 0 Å². The van der Waals surface area contributed by atoms with Crippen molar-refractivity contribution in [3.05, 3.63) is 57.0 Å². The lowest BCUT2D eigenvalue weighted by Gasteiger charge is -2.18. The third kappa shape index (κ3) is 3.02. The largest absolute Gasteiger partial charge is 0.416 e. The highest BCUT2D eigenvalue weighted by Crippen LogP contribution is 2.34. The van der Waals surface area contributed by atoms with Crippen molar-refractivity contribution in [3.8, 4) is 0 Å². The first kappa shape index (κ1) is 15.0. The molecule has 1 nitrogen and oxygen atoms in total. The van der Waals surface area contributed by atoms with Crippen molar-refractivity contribution in [1.29, 1.82) is 0 Å². The molecule has 1 aromatic carbocycles. The molecule has 1 aromatic heterocycles. The summed E-state index contributed by atoms with van der Waals surface area (Å²) in [5, 5.41) is 4.68. The molecule has 6 heteroatoms. The van der Waals surface area contributed by atoms with Crippen molar-refractivity contribution >= 4 is 11.3 Å². The summed E-state index contributed by atoms with van der Waals surface area (Å²) in [6, 6.07) is 3.73. The summed E-state index contributed by atoms with van der Waals surface area (Å²) in [6.45, 7) is 1.89. The zero-order valence-corrected chi connectivity index (χ0v) is 11.7. The minimum absolute atomic E-state index is 0.000116. The molecule has 1 unspecified atom stereocenters. The first-order valence-electron chi connectivity index (χ1n) is 5.92. The van der Waals surface area contributed by atoms with Crippen LogP contribution in [0.2, 0.25) is 0 Å². The summed E-state index contributed by atoms with van der Waals surface area (Å²) in [4.78, 5) is 1.02. The van der Waals surface area contributed by atoms with Gasteiger partial charge in [-0.2, -0.15) is 13.2 Å². The van der Waals surface area contributed by atoms with Crippen LogP contribution in [0.5, 0.6) is 0 Å². The van der Waals surface area contributed by atoms with Gasteiger partial charge in [-0.05, 0) is 49.2 Å². The molecule has 0 bridgehead atoms. The minimum Gasteiger partial charge on any atom is -0.309 e. The van der Waals surface area contributed by atoms with Gasteiger partial charge in [0.25, 0.3) is 0 Å². The zero-order chi connectivity index (χ0) is 14.9. The normalized spacial score (nSPS) is 13.5. The number of rotatable bonds is 3. The Morgan fingerprint density at radius 1 is 1.20 bits per heavy atom. The average Bonchev–Trinajstić information content (AvgIpc) is 2.77. The second-order valence-corrected chi connectivity index (χ2v) is 5.56. The lowest BCUT2D eigenvalue weighted by molar-refractivity contribution is -0.137. The SMILES string of the molecule is CNC(c1csc(C)c1)c1cc(C(F)(F)F)ccc1F. The minimum atomic E-state index is -4.48. The number of halogens is 4. The number of nitrogens with one attached hydrogen (secondary N) is 1. The summed E-state index contributed by atoms with van der Waals surface area (Å²) >= 11 is 1.47. The Bertz CT molecular complexity index is 603. The van der Waals surface area contributed by atoms with Crippen LogP contribution in [0.15, 0.2) is 29.6 Å². The van der Waals surface area contributed by atoms with E-state index in [9.17, 15) is 17.6 Å². The maximum absolute atomic E-state index is 13.9. The quantitative estimate of drug-likeness (QED) is 0.822. The molecule has 2 rings (SSSR count). The van der Waals surface area contributed by atoms with Crippen molar-refractivity contribution in [2.45, 2.75) is 19.1 Å². The van der Waals surface area contributed by atoms with Crippen molar-refractivity contribution < 1.29 is 17.6 Å². The Hall–Kier alpha value is -1.40. The zero-order valence-electron chi connectivity index (χ0n) is 10.9. The third-order valence-corrected chi connectivity index (χ3v) is 3.89. The van der Waals surface area contributed by atoms with Gasteiger partial charge in [-0.3, -0.25) is 0 Å². The summed E-state index contributed by atoms with van der Waals surface area (Å²) in [5.41, 5.74) is -0.0885. The second-order valence-electron chi connectivity index (χ2n) is 4.45. The highest BCUT2D eigenvalue weighted by atomic mass is 32.1. The molecule has 2 aromatic rings. The standard InChI is InChI=1S/C14H13F4NS/c1-8-5-9(7-20-8)13(19-2)11-6-10(14(16,17)18)3-4-12(11)15/h3-7,13,19H,1-2H3. The molecule has 0 saturated carbocycles.